The Morgan fingerprint density at radius 1 is 0.640 bits per heavy atom. The van der Waals surface area contributed by atoms with Gasteiger partial charge in [0, 0.05) is 74.2 Å². The molecule has 86 heavy (non-hydrogen) atoms. The summed E-state index contributed by atoms with van der Waals surface area (Å²) >= 11 is 0. The van der Waals surface area contributed by atoms with Crippen molar-refractivity contribution < 1.29 is 56.9 Å². The van der Waals surface area contributed by atoms with E-state index in [1.165, 1.54) is 48.9 Å². The Morgan fingerprint density at radius 3 is 1.66 bits per heavy atom. The molecule has 4 N–H and O–H groups in total. The van der Waals surface area contributed by atoms with Gasteiger partial charge in [-0.05, 0) is 111 Å². The molecule has 2 fully saturated rings. The van der Waals surface area contributed by atoms with Crippen LogP contribution < -0.4 is 21.3 Å². The predicted molar refractivity (Wildman–Crippen MR) is 345 cm³/mol. The van der Waals surface area contributed by atoms with Crippen molar-refractivity contribution in [1.29, 1.82) is 0 Å². The lowest BCUT2D eigenvalue weighted by atomic mass is 9.83. The van der Waals surface area contributed by atoms with Gasteiger partial charge in [-0.2, -0.15) is 54.0 Å². The second kappa shape index (κ2) is 37.9. The Morgan fingerprint density at radius 2 is 1.16 bits per heavy atom. The summed E-state index contributed by atoms with van der Waals surface area (Å²) in [6, 6.07) is 17.1. The maximum atomic E-state index is 13.9. The molecule has 18 nitrogen and oxygen atoms in total. The van der Waals surface area contributed by atoms with Gasteiger partial charge in [-0.15, -0.1) is 0 Å². The van der Waals surface area contributed by atoms with Crippen molar-refractivity contribution in [3.63, 3.8) is 0 Å². The van der Waals surface area contributed by atoms with Crippen LogP contribution in [0, 0.1) is 48.2 Å². The average Bonchev–Trinajstić information content (AvgIpc) is 3.39. The highest BCUT2D eigenvalue weighted by Crippen LogP contribution is 2.28. The molecule has 0 spiro atoms. The minimum atomic E-state index is -1.01. The molecule has 3 aromatic carbocycles. The van der Waals surface area contributed by atoms with Crippen molar-refractivity contribution in [3.05, 3.63) is 125 Å². The van der Waals surface area contributed by atoms with Gasteiger partial charge in [0.25, 0.3) is 11.8 Å². The largest absolute Gasteiger partial charge is 0.361 e. The SMILES string of the molecule is CC(C)C[C@H](CC(=O)[C@@H](Cc1cccc2ccccc12)NC(=O)c1cnccn1)C(=O)N[C@H](C=O)C[C@@H]1CCCC1=O.Cc1cc(C(=O)N[C@@H](Cc2ccc(F)cc2)C(=O)C[C@@H](CC(C)C)C(=O)N[C@H](C=O)C[C@@H]2CCCCC2=O)no1.S.S.S.S. The van der Waals surface area contributed by atoms with Gasteiger partial charge >= 0.3 is 0 Å². The number of aryl methyl sites for hydroxylation is 1. The summed E-state index contributed by atoms with van der Waals surface area (Å²) in [6.07, 6.45) is 11.8. The molecule has 468 valence electrons. The Balaban J connectivity index is 0.000000561. The van der Waals surface area contributed by atoms with E-state index in [9.17, 15) is 52.3 Å². The molecule has 7 rings (SSSR count). The highest BCUT2D eigenvalue weighted by Gasteiger charge is 2.35. The number of Topliss-reactive ketones (excluding diaryl/α,β-unsaturated/α-hetero) is 4. The predicted octanol–water partition coefficient (Wildman–Crippen LogP) is 8.40. The molecule has 4 amide bonds. The first-order valence-electron chi connectivity index (χ1n) is 28.4. The van der Waals surface area contributed by atoms with Crippen LogP contribution in [0.3, 0.4) is 0 Å². The van der Waals surface area contributed by atoms with Crippen molar-refractivity contribution in [2.24, 2.45) is 35.5 Å². The third kappa shape index (κ3) is 23.6. The molecular formula is C63H84FN7O11S4. The Labute approximate surface area is 530 Å². The minimum absolute atomic E-state index is 0. The number of aldehydes is 2. The lowest BCUT2D eigenvalue weighted by molar-refractivity contribution is -0.132. The molecule has 2 aromatic heterocycles. The number of ketones is 4. The van der Waals surface area contributed by atoms with E-state index >= 15 is 0 Å². The second-order valence-electron chi connectivity index (χ2n) is 22.6. The zero-order valence-corrected chi connectivity index (χ0v) is 53.4. The van der Waals surface area contributed by atoms with Gasteiger partial charge in [0.2, 0.25) is 11.8 Å². The van der Waals surface area contributed by atoms with Gasteiger partial charge in [0.05, 0.1) is 30.4 Å². The molecule has 0 bridgehead atoms. The molecule has 0 radical (unpaired) electrons. The summed E-state index contributed by atoms with van der Waals surface area (Å²) in [4.78, 5) is 136. The summed E-state index contributed by atoms with van der Waals surface area (Å²) in [7, 11) is 0. The van der Waals surface area contributed by atoms with E-state index in [0.717, 1.165) is 35.6 Å². The van der Waals surface area contributed by atoms with Crippen LogP contribution in [0.1, 0.15) is 149 Å². The molecule has 23 heteroatoms. The van der Waals surface area contributed by atoms with E-state index in [-0.39, 0.29) is 151 Å². The van der Waals surface area contributed by atoms with Crippen molar-refractivity contribution >= 4 is 124 Å². The molecule has 0 aliphatic heterocycles. The van der Waals surface area contributed by atoms with E-state index in [0.29, 0.717) is 62.4 Å². The number of hydrogen-bond donors (Lipinski definition) is 4. The van der Waals surface area contributed by atoms with Gasteiger partial charge in [0.1, 0.15) is 41.4 Å². The van der Waals surface area contributed by atoms with Crippen LogP contribution >= 0.6 is 54.0 Å². The number of carbonyl (C=O) groups excluding carboxylic acids is 10. The van der Waals surface area contributed by atoms with Crippen LogP contribution in [-0.2, 0) is 51.2 Å². The van der Waals surface area contributed by atoms with Gasteiger partial charge < -0.3 is 35.4 Å². The monoisotopic (exact) mass is 1260 g/mol. The molecular weight excluding hydrogens is 1180 g/mol. The molecule has 2 aliphatic carbocycles. The molecule has 2 heterocycles. The number of aromatic nitrogens is 3. The van der Waals surface area contributed by atoms with E-state index in [1.807, 2.05) is 70.2 Å². The minimum Gasteiger partial charge on any atom is -0.361 e. The third-order valence-electron chi connectivity index (χ3n) is 15.0. The molecule has 2 saturated carbocycles. The van der Waals surface area contributed by atoms with Gasteiger partial charge in [-0.3, -0.25) is 43.3 Å². The zero-order valence-electron chi connectivity index (χ0n) is 49.4. The molecule has 0 saturated heterocycles. The lowest BCUT2D eigenvalue weighted by Gasteiger charge is -2.26. The van der Waals surface area contributed by atoms with E-state index < -0.39 is 65.4 Å². The molecule has 5 aromatic rings. The van der Waals surface area contributed by atoms with Crippen molar-refractivity contribution in [2.75, 3.05) is 0 Å². The van der Waals surface area contributed by atoms with Crippen molar-refractivity contribution in [1.82, 2.24) is 36.4 Å². The Hall–Kier alpha value is -6.56. The number of nitrogens with zero attached hydrogens (tertiary/aromatic N) is 3. The van der Waals surface area contributed by atoms with Crippen LogP contribution in [0.4, 0.5) is 4.39 Å². The smallest absolute Gasteiger partial charge is 0.274 e. The molecule has 2 aliphatic rings. The highest BCUT2D eigenvalue weighted by molar-refractivity contribution is 7.59. The Bertz CT molecular complexity index is 3040. The summed E-state index contributed by atoms with van der Waals surface area (Å²) < 4.78 is 18.4. The first-order valence-corrected chi connectivity index (χ1v) is 28.4. The Kier molecular flexibility index (Phi) is 33.3. The number of carbonyl (C=O) groups is 10. The first-order chi connectivity index (χ1) is 39.3. The summed E-state index contributed by atoms with van der Waals surface area (Å²) in [5, 5.41) is 16.7. The van der Waals surface area contributed by atoms with Crippen molar-refractivity contribution in [3.8, 4) is 0 Å². The van der Waals surface area contributed by atoms with Gasteiger partial charge in [0.15, 0.2) is 17.3 Å². The van der Waals surface area contributed by atoms with E-state index in [1.54, 1.807) is 6.92 Å². The fourth-order valence-corrected chi connectivity index (χ4v) is 10.8. The van der Waals surface area contributed by atoms with E-state index in [2.05, 4.69) is 36.4 Å². The first kappa shape index (κ1) is 75.5. The van der Waals surface area contributed by atoms with Crippen LogP contribution in [-0.4, -0.2) is 98.6 Å². The number of halogens is 1. The number of hydrogen-bond acceptors (Lipinski definition) is 14. The number of nitrogens with one attached hydrogen (secondary N) is 4. The van der Waals surface area contributed by atoms with Crippen LogP contribution in [0.25, 0.3) is 10.8 Å². The fourth-order valence-electron chi connectivity index (χ4n) is 10.8. The van der Waals surface area contributed by atoms with Gasteiger partial charge in [-0.25, -0.2) is 9.37 Å². The lowest BCUT2D eigenvalue weighted by Crippen LogP contribution is -2.46. The zero-order chi connectivity index (χ0) is 59.3. The van der Waals surface area contributed by atoms with Gasteiger partial charge in [-0.1, -0.05) is 93.9 Å². The van der Waals surface area contributed by atoms with Crippen LogP contribution in [0.2, 0.25) is 0 Å². The molecule has 0 unspecified atom stereocenters. The topological polar surface area (TPSA) is 271 Å². The maximum absolute atomic E-state index is 13.9. The highest BCUT2D eigenvalue weighted by atomic mass is 32.1. The second-order valence-corrected chi connectivity index (χ2v) is 22.6. The van der Waals surface area contributed by atoms with Crippen LogP contribution in [0.5, 0.6) is 0 Å². The number of benzene rings is 3. The maximum Gasteiger partial charge on any atom is 0.274 e. The normalized spacial score (nSPS) is 16.5. The number of rotatable bonds is 28. The quantitative estimate of drug-likeness (QED) is 0.0343. The summed E-state index contributed by atoms with van der Waals surface area (Å²) in [5.41, 5.74) is 1.61. The van der Waals surface area contributed by atoms with Crippen molar-refractivity contribution in [2.45, 2.75) is 155 Å². The average molecular weight is 1260 g/mol. The molecule has 8 atom stereocenters. The standard InChI is InChI=1S/C33H38N4O5.C30H38FN3O6.4H2S/c1-21(2)15-25(32(41)36-26(20-38)16-24-10-6-12-30(24)39)18-31(40)28(37-33(42)29-19-34-13-14-35-29)17-23-9-5-8-22-7-3-4-11-27(22)23;1-18(2)12-22(29(38)32-24(17-35)15-21-6-4-5-7-27(21)36)16-28(37)25(14-20-8-10-23(31)11-9-20)33-30(39)26-13-19(3)40-34-26;;;;/h3-5,7-9,11,13-14,19-21,24-26,28H,6,10,12,15-18H2,1-2H3,(H,36,41)(H,37,42);8-11,13,17-18,21-22,24-25H,4-7,12,14-16H2,1-3H3,(H,32,38)(H,33,39);4*1H2/t24-,25+,26-,28+;21-,22+,24-,25-;;;;/m00..../s1. The van der Waals surface area contributed by atoms with Crippen LogP contribution in [0.15, 0.2) is 95.9 Å². The third-order valence-corrected chi connectivity index (χ3v) is 15.0. The summed E-state index contributed by atoms with van der Waals surface area (Å²) in [6.45, 7) is 9.41. The number of amides is 4. The fraction of sp³-hybridized carbons (Fsp3) is 0.476. The number of fused-ring (bicyclic) bond motifs is 1. The summed E-state index contributed by atoms with van der Waals surface area (Å²) in [5.74, 6) is -4.20. The van der Waals surface area contributed by atoms with E-state index in [4.69, 9.17) is 4.52 Å².